The minimum absolute atomic E-state index is 0.323. The zero-order valence-electron chi connectivity index (χ0n) is 11.9. The molecule has 2 aromatic rings. The van der Waals surface area contributed by atoms with Gasteiger partial charge in [-0.1, -0.05) is 12.1 Å². The van der Waals surface area contributed by atoms with Gasteiger partial charge >= 0.3 is 0 Å². The van der Waals surface area contributed by atoms with Gasteiger partial charge in [0.15, 0.2) is 0 Å². The summed E-state index contributed by atoms with van der Waals surface area (Å²) in [6.07, 6.45) is 0. The molecule has 1 N–H and O–H groups in total. The van der Waals surface area contributed by atoms with Gasteiger partial charge in [0.2, 0.25) is 0 Å². The third kappa shape index (κ3) is 3.58. The number of benzene rings is 1. The third-order valence-electron chi connectivity index (χ3n) is 3.30. The highest BCUT2D eigenvalue weighted by molar-refractivity contribution is 7.12. The maximum atomic E-state index is 5.18. The van der Waals surface area contributed by atoms with Crippen molar-refractivity contribution in [1.29, 1.82) is 0 Å². The fourth-order valence-corrected chi connectivity index (χ4v) is 3.02. The van der Waals surface area contributed by atoms with Crippen molar-refractivity contribution in [2.75, 3.05) is 7.11 Å². The number of hydrogen-bond acceptors (Lipinski definition) is 3. The summed E-state index contributed by atoms with van der Waals surface area (Å²) >= 11 is 1.86. The molecule has 19 heavy (non-hydrogen) atoms. The zero-order chi connectivity index (χ0) is 13.8. The van der Waals surface area contributed by atoms with E-state index in [1.165, 1.54) is 15.3 Å². The van der Waals surface area contributed by atoms with Crippen molar-refractivity contribution in [3.63, 3.8) is 0 Å². The van der Waals surface area contributed by atoms with Crippen molar-refractivity contribution in [3.8, 4) is 5.75 Å². The Morgan fingerprint density at radius 3 is 2.21 bits per heavy atom. The highest BCUT2D eigenvalue weighted by Gasteiger charge is 2.12. The molecule has 0 spiro atoms. The van der Waals surface area contributed by atoms with Gasteiger partial charge in [-0.3, -0.25) is 0 Å². The topological polar surface area (TPSA) is 21.3 Å². The van der Waals surface area contributed by atoms with Gasteiger partial charge in [0, 0.05) is 21.8 Å². The van der Waals surface area contributed by atoms with Crippen molar-refractivity contribution in [2.45, 2.75) is 32.9 Å². The lowest BCUT2D eigenvalue weighted by molar-refractivity contribution is 0.414. The molecule has 0 bridgehead atoms. The van der Waals surface area contributed by atoms with Gasteiger partial charge in [0.25, 0.3) is 0 Å². The molecule has 1 aromatic carbocycles. The van der Waals surface area contributed by atoms with E-state index in [1.54, 1.807) is 7.11 Å². The number of ether oxygens (including phenoxy) is 1. The van der Waals surface area contributed by atoms with Gasteiger partial charge in [-0.2, -0.15) is 0 Å². The van der Waals surface area contributed by atoms with Crippen LogP contribution in [0.4, 0.5) is 0 Å². The minimum atomic E-state index is 0.323. The molecular weight excluding hydrogens is 254 g/mol. The second-order valence-electron chi connectivity index (χ2n) is 4.83. The quantitative estimate of drug-likeness (QED) is 0.869. The standard InChI is InChI=1S/C16H21NOS/c1-11-5-10-16(19-11)13(3)17-12(2)14-6-8-15(18-4)9-7-14/h5-10,12-13,17H,1-4H3/t12-,13?/m1/s1. The van der Waals surface area contributed by atoms with Crippen LogP contribution < -0.4 is 10.1 Å². The Hall–Kier alpha value is -1.32. The summed E-state index contributed by atoms with van der Waals surface area (Å²) in [5.74, 6) is 0.901. The molecule has 2 nitrogen and oxygen atoms in total. The summed E-state index contributed by atoms with van der Waals surface area (Å²) in [6, 6.07) is 13.3. The van der Waals surface area contributed by atoms with E-state index >= 15 is 0 Å². The average Bonchev–Trinajstić information content (AvgIpc) is 2.85. The molecule has 1 heterocycles. The highest BCUT2D eigenvalue weighted by atomic mass is 32.1. The normalized spacial score (nSPS) is 14.1. The maximum Gasteiger partial charge on any atom is 0.118 e. The molecule has 0 aliphatic rings. The SMILES string of the molecule is COc1ccc([C@@H](C)NC(C)c2ccc(C)s2)cc1. The van der Waals surface area contributed by atoms with Gasteiger partial charge in [0.05, 0.1) is 7.11 Å². The Bertz CT molecular complexity index is 518. The van der Waals surface area contributed by atoms with Crippen LogP contribution in [0.3, 0.4) is 0 Å². The largest absolute Gasteiger partial charge is 0.497 e. The van der Waals surface area contributed by atoms with Gasteiger partial charge in [-0.05, 0) is 50.6 Å². The van der Waals surface area contributed by atoms with Gasteiger partial charge < -0.3 is 10.1 Å². The van der Waals surface area contributed by atoms with E-state index in [0.717, 1.165) is 5.75 Å². The van der Waals surface area contributed by atoms with E-state index in [4.69, 9.17) is 4.74 Å². The summed E-state index contributed by atoms with van der Waals surface area (Å²) < 4.78 is 5.18. The molecule has 2 rings (SSSR count). The van der Waals surface area contributed by atoms with Crippen LogP contribution >= 0.6 is 11.3 Å². The summed E-state index contributed by atoms with van der Waals surface area (Å²) in [5, 5.41) is 3.63. The predicted molar refractivity (Wildman–Crippen MR) is 82.0 cm³/mol. The van der Waals surface area contributed by atoms with Gasteiger partial charge in [-0.15, -0.1) is 11.3 Å². The molecule has 0 aliphatic heterocycles. The Morgan fingerprint density at radius 2 is 1.68 bits per heavy atom. The molecule has 0 amide bonds. The fourth-order valence-electron chi connectivity index (χ4n) is 2.13. The zero-order valence-corrected chi connectivity index (χ0v) is 12.8. The van der Waals surface area contributed by atoms with Crippen LogP contribution in [0.5, 0.6) is 5.75 Å². The van der Waals surface area contributed by atoms with Crippen molar-refractivity contribution >= 4 is 11.3 Å². The lowest BCUT2D eigenvalue weighted by Gasteiger charge is -2.19. The lowest BCUT2D eigenvalue weighted by Crippen LogP contribution is -2.21. The van der Waals surface area contributed by atoms with E-state index in [9.17, 15) is 0 Å². The Morgan fingerprint density at radius 1 is 1.00 bits per heavy atom. The molecule has 0 saturated carbocycles. The molecule has 0 radical (unpaired) electrons. The number of nitrogens with one attached hydrogen (secondary N) is 1. The van der Waals surface area contributed by atoms with Crippen LogP contribution in [-0.4, -0.2) is 7.11 Å². The number of hydrogen-bond donors (Lipinski definition) is 1. The van der Waals surface area contributed by atoms with E-state index in [0.29, 0.717) is 12.1 Å². The van der Waals surface area contributed by atoms with Crippen LogP contribution in [-0.2, 0) is 0 Å². The predicted octanol–water partition coefficient (Wildman–Crippen LogP) is 4.48. The highest BCUT2D eigenvalue weighted by Crippen LogP contribution is 2.25. The first-order valence-corrected chi connectivity index (χ1v) is 7.38. The average molecular weight is 275 g/mol. The first kappa shape index (κ1) is 14.1. The Labute approximate surface area is 119 Å². The Kier molecular flexibility index (Phi) is 4.61. The van der Waals surface area contributed by atoms with E-state index in [1.807, 2.05) is 23.5 Å². The second kappa shape index (κ2) is 6.22. The monoisotopic (exact) mass is 275 g/mol. The summed E-state index contributed by atoms with van der Waals surface area (Å²) in [5.41, 5.74) is 1.28. The number of rotatable bonds is 5. The van der Waals surface area contributed by atoms with Crippen LogP contribution in [0.15, 0.2) is 36.4 Å². The molecule has 0 aliphatic carbocycles. The van der Waals surface area contributed by atoms with Gasteiger partial charge in [-0.25, -0.2) is 0 Å². The number of thiophene rings is 1. The first-order valence-electron chi connectivity index (χ1n) is 6.56. The van der Waals surface area contributed by atoms with E-state index < -0.39 is 0 Å². The molecular formula is C16H21NOS. The molecule has 2 atom stereocenters. The third-order valence-corrected chi connectivity index (χ3v) is 4.49. The van der Waals surface area contributed by atoms with Crippen LogP contribution in [0.1, 0.15) is 41.2 Å². The molecule has 102 valence electrons. The second-order valence-corrected chi connectivity index (χ2v) is 6.15. The summed E-state index contributed by atoms with van der Waals surface area (Å²) in [6.45, 7) is 6.55. The van der Waals surface area contributed by atoms with E-state index in [-0.39, 0.29) is 0 Å². The number of aryl methyl sites for hydroxylation is 1. The van der Waals surface area contributed by atoms with Crippen molar-refractivity contribution in [2.24, 2.45) is 0 Å². The van der Waals surface area contributed by atoms with E-state index in [2.05, 4.69) is 50.4 Å². The molecule has 1 aromatic heterocycles. The van der Waals surface area contributed by atoms with Crippen molar-refractivity contribution in [1.82, 2.24) is 5.32 Å². The fraction of sp³-hybridized carbons (Fsp3) is 0.375. The van der Waals surface area contributed by atoms with Crippen LogP contribution in [0.25, 0.3) is 0 Å². The first-order chi connectivity index (χ1) is 9.10. The molecule has 1 unspecified atom stereocenters. The summed E-state index contributed by atoms with van der Waals surface area (Å²) in [7, 11) is 1.69. The maximum absolute atomic E-state index is 5.18. The smallest absolute Gasteiger partial charge is 0.118 e. The van der Waals surface area contributed by atoms with Crippen molar-refractivity contribution < 1.29 is 4.74 Å². The molecule has 3 heteroatoms. The number of methoxy groups -OCH3 is 1. The van der Waals surface area contributed by atoms with Crippen LogP contribution in [0, 0.1) is 6.92 Å². The summed E-state index contributed by atoms with van der Waals surface area (Å²) in [4.78, 5) is 2.75. The van der Waals surface area contributed by atoms with Crippen LogP contribution in [0.2, 0.25) is 0 Å². The molecule has 0 saturated heterocycles. The lowest BCUT2D eigenvalue weighted by atomic mass is 10.1. The minimum Gasteiger partial charge on any atom is -0.497 e. The van der Waals surface area contributed by atoms with Gasteiger partial charge in [0.1, 0.15) is 5.75 Å². The van der Waals surface area contributed by atoms with Crippen molar-refractivity contribution in [3.05, 3.63) is 51.7 Å². The Balaban J connectivity index is 2.01. The molecule has 0 fully saturated rings.